The molecule has 2 heterocycles. The van der Waals surface area contributed by atoms with Crippen molar-refractivity contribution in [3.8, 4) is 11.3 Å². The summed E-state index contributed by atoms with van der Waals surface area (Å²) in [6, 6.07) is 37.1. The second-order valence-corrected chi connectivity index (χ2v) is 13.6. The summed E-state index contributed by atoms with van der Waals surface area (Å²) in [5, 5.41) is 8.95. The van der Waals surface area contributed by atoms with Crippen LogP contribution in [0.1, 0.15) is 59.2 Å². The van der Waals surface area contributed by atoms with Gasteiger partial charge in [-0.05, 0) is 112 Å². The number of aromatic nitrogens is 1. The van der Waals surface area contributed by atoms with E-state index in [0.29, 0.717) is 5.92 Å². The lowest BCUT2D eigenvalue weighted by molar-refractivity contribution is 0.447. The first-order valence-electron chi connectivity index (χ1n) is 17.1. The van der Waals surface area contributed by atoms with Gasteiger partial charge in [-0.1, -0.05) is 110 Å². The van der Waals surface area contributed by atoms with Crippen molar-refractivity contribution < 1.29 is 0 Å². The molecule has 6 aromatic rings. The van der Waals surface area contributed by atoms with Gasteiger partial charge in [0.2, 0.25) is 0 Å². The molecule has 3 heteroatoms. The third-order valence-corrected chi connectivity index (χ3v) is 10.3. The van der Waals surface area contributed by atoms with Crippen molar-refractivity contribution in [2.24, 2.45) is 10.9 Å². The summed E-state index contributed by atoms with van der Waals surface area (Å²) in [5.74, 6) is 0.522. The Labute approximate surface area is 282 Å². The average Bonchev–Trinajstić information content (AvgIpc) is 3.14. The Morgan fingerprint density at radius 2 is 1.56 bits per heavy atom. The maximum Gasteiger partial charge on any atom is 0.153 e. The number of nitrogens with one attached hydrogen (secondary N) is 1. The first kappa shape index (κ1) is 28.7. The highest BCUT2D eigenvalue weighted by molar-refractivity contribution is 6.24. The largest absolute Gasteiger partial charge is 0.357 e. The third kappa shape index (κ3) is 4.81. The Bertz CT molecular complexity index is 2360. The van der Waals surface area contributed by atoms with Gasteiger partial charge in [0.15, 0.2) is 5.66 Å². The molecule has 3 aliphatic rings. The van der Waals surface area contributed by atoms with Crippen LogP contribution >= 0.6 is 0 Å². The quantitative estimate of drug-likeness (QED) is 0.199. The summed E-state index contributed by atoms with van der Waals surface area (Å²) in [5.41, 5.74) is 12.7. The van der Waals surface area contributed by atoms with Crippen LogP contribution in [0, 0.1) is 5.92 Å². The lowest BCUT2D eigenvalue weighted by Crippen LogP contribution is -2.40. The Morgan fingerprint density at radius 1 is 0.771 bits per heavy atom. The van der Waals surface area contributed by atoms with Crippen LogP contribution in [0.3, 0.4) is 0 Å². The van der Waals surface area contributed by atoms with Crippen LogP contribution < -0.4 is 5.32 Å². The fourth-order valence-corrected chi connectivity index (χ4v) is 7.91. The molecule has 48 heavy (non-hydrogen) atoms. The molecule has 0 fully saturated rings. The number of pyridine rings is 1. The molecule has 0 saturated heterocycles. The molecule has 2 atom stereocenters. The summed E-state index contributed by atoms with van der Waals surface area (Å²) in [4.78, 5) is 10.2. The Hall–Kier alpha value is -5.54. The van der Waals surface area contributed by atoms with E-state index in [1.54, 1.807) is 0 Å². The van der Waals surface area contributed by atoms with Crippen molar-refractivity contribution in [1.29, 1.82) is 0 Å². The second-order valence-electron chi connectivity index (χ2n) is 13.6. The van der Waals surface area contributed by atoms with E-state index in [2.05, 4.69) is 146 Å². The van der Waals surface area contributed by atoms with Gasteiger partial charge in [0, 0.05) is 28.6 Å². The van der Waals surface area contributed by atoms with Crippen molar-refractivity contribution >= 4 is 45.1 Å². The molecule has 3 nitrogen and oxygen atoms in total. The van der Waals surface area contributed by atoms with Crippen LogP contribution in [0.15, 0.2) is 133 Å². The molecule has 1 aliphatic heterocycles. The van der Waals surface area contributed by atoms with Crippen LogP contribution in [-0.2, 0) is 18.5 Å². The highest BCUT2D eigenvalue weighted by atomic mass is 15.2. The Balaban J connectivity index is 1.27. The van der Waals surface area contributed by atoms with Crippen LogP contribution in [0.5, 0.6) is 0 Å². The molecule has 1 aromatic heterocycles. The van der Waals surface area contributed by atoms with E-state index in [0.717, 1.165) is 53.1 Å². The number of benzene rings is 5. The van der Waals surface area contributed by atoms with Gasteiger partial charge < -0.3 is 5.32 Å². The molecule has 2 aliphatic carbocycles. The Morgan fingerprint density at radius 3 is 2.40 bits per heavy atom. The van der Waals surface area contributed by atoms with Gasteiger partial charge >= 0.3 is 0 Å². The fourth-order valence-electron chi connectivity index (χ4n) is 7.91. The van der Waals surface area contributed by atoms with Gasteiger partial charge in [-0.25, -0.2) is 0 Å². The van der Waals surface area contributed by atoms with Gasteiger partial charge in [0.1, 0.15) is 0 Å². The molecule has 9 rings (SSSR count). The molecule has 0 saturated carbocycles. The smallest absolute Gasteiger partial charge is 0.153 e. The highest BCUT2D eigenvalue weighted by Gasteiger charge is 2.33. The first-order chi connectivity index (χ1) is 23.5. The number of nitrogens with zero attached hydrogens (tertiary/aromatic N) is 2. The predicted octanol–water partition coefficient (Wildman–Crippen LogP) is 10.5. The highest BCUT2D eigenvalue weighted by Crippen LogP contribution is 2.40. The van der Waals surface area contributed by atoms with Crippen molar-refractivity contribution in [1.82, 2.24) is 10.3 Å². The van der Waals surface area contributed by atoms with Gasteiger partial charge in [-0.3, -0.25) is 9.98 Å². The average molecular weight is 620 g/mol. The lowest BCUT2D eigenvalue weighted by atomic mass is 9.80. The molecule has 1 N–H and O–H groups in total. The summed E-state index contributed by atoms with van der Waals surface area (Å²) in [7, 11) is 0. The number of hydrogen-bond acceptors (Lipinski definition) is 3. The topological polar surface area (TPSA) is 37.3 Å². The molecule has 2 unspecified atom stereocenters. The zero-order chi connectivity index (χ0) is 32.2. The monoisotopic (exact) mass is 619 g/mol. The summed E-state index contributed by atoms with van der Waals surface area (Å²) in [6.45, 7) is 4.53. The molecule has 0 bridgehead atoms. The van der Waals surface area contributed by atoms with E-state index in [-0.39, 0.29) is 0 Å². The number of allylic oxidation sites excluding steroid dienone is 3. The van der Waals surface area contributed by atoms with Crippen LogP contribution in [0.25, 0.3) is 50.7 Å². The van der Waals surface area contributed by atoms with E-state index in [4.69, 9.17) is 4.99 Å². The van der Waals surface area contributed by atoms with Crippen molar-refractivity contribution in [3.05, 3.63) is 166 Å². The van der Waals surface area contributed by atoms with Crippen molar-refractivity contribution in [2.45, 2.75) is 38.8 Å². The van der Waals surface area contributed by atoms with Gasteiger partial charge in [-0.2, -0.15) is 0 Å². The molecule has 0 spiro atoms. The number of aliphatic imine (C=N–C) groups is 1. The van der Waals surface area contributed by atoms with Crippen LogP contribution in [0.4, 0.5) is 0 Å². The zero-order valence-corrected chi connectivity index (χ0v) is 27.4. The van der Waals surface area contributed by atoms with Gasteiger partial charge in [0.25, 0.3) is 0 Å². The molecular formula is C45H37N3. The molecule has 232 valence electrons. The first-order valence-corrected chi connectivity index (χ1v) is 17.1. The van der Waals surface area contributed by atoms with Crippen molar-refractivity contribution in [2.75, 3.05) is 0 Å². The predicted molar refractivity (Wildman–Crippen MR) is 202 cm³/mol. The van der Waals surface area contributed by atoms with Crippen LogP contribution in [-0.4, -0.2) is 10.7 Å². The van der Waals surface area contributed by atoms with E-state index in [1.807, 2.05) is 18.3 Å². The van der Waals surface area contributed by atoms with E-state index in [1.165, 1.54) is 49.4 Å². The van der Waals surface area contributed by atoms with Crippen LogP contribution in [0.2, 0.25) is 0 Å². The third-order valence-electron chi connectivity index (χ3n) is 10.3. The minimum atomic E-state index is -0.699. The lowest BCUT2D eigenvalue weighted by Gasteiger charge is -2.36. The Kier molecular flexibility index (Phi) is 6.76. The maximum atomic E-state index is 5.59. The normalized spacial score (nSPS) is 19.8. The summed E-state index contributed by atoms with van der Waals surface area (Å²) < 4.78 is 0. The fraction of sp³-hybridized carbons (Fsp3) is 0.156. The number of fused-ring (bicyclic) bond motifs is 6. The molecule has 5 aromatic carbocycles. The van der Waals surface area contributed by atoms with Gasteiger partial charge in [-0.15, -0.1) is 0 Å². The number of hydrogen-bond donors (Lipinski definition) is 1. The van der Waals surface area contributed by atoms with E-state index in [9.17, 15) is 0 Å². The minimum absolute atomic E-state index is 0.522. The standard InChI is InChI=1S/C45H37N3/c1-29-18-23-35-32(25-29)27-41(39-16-8-6-14-37(35)39)44-28-43(40-26-31-11-3-4-12-34(31)36-13-5-7-15-38(36)40)47-45(2,48-44)33-21-19-30(20-22-33)42-17-9-10-24-46-42/h3-7,9-15,17-24,26-29,48H,8,16,25H2,1-2H3. The molecule has 0 radical (unpaired) electrons. The molecule has 0 amide bonds. The van der Waals surface area contributed by atoms with E-state index < -0.39 is 5.66 Å². The minimum Gasteiger partial charge on any atom is -0.357 e. The maximum absolute atomic E-state index is 5.59. The summed E-state index contributed by atoms with van der Waals surface area (Å²) >= 11 is 0. The SMILES string of the molecule is CC1C=Cc2c(cc(C3=CC(c4cc5ccccc5c5ccccc45)=NC(C)(c4ccc(-c5ccccn5)cc4)N3)c3c2C=CCC3)C1. The van der Waals surface area contributed by atoms with E-state index >= 15 is 0 Å². The van der Waals surface area contributed by atoms with Gasteiger partial charge in [0.05, 0.1) is 11.4 Å². The number of rotatable bonds is 4. The second kappa shape index (κ2) is 11.3. The zero-order valence-electron chi connectivity index (χ0n) is 27.4. The van der Waals surface area contributed by atoms with Crippen molar-refractivity contribution in [3.63, 3.8) is 0 Å². The molecular weight excluding hydrogens is 583 g/mol. The summed E-state index contributed by atoms with van der Waals surface area (Å²) in [6.07, 6.45) is 16.7.